The van der Waals surface area contributed by atoms with Gasteiger partial charge < -0.3 is 10.0 Å². The van der Waals surface area contributed by atoms with Gasteiger partial charge in [0.05, 0.1) is 8.56 Å². The summed E-state index contributed by atoms with van der Waals surface area (Å²) in [5, 5.41) is 17.5. The van der Waals surface area contributed by atoms with Gasteiger partial charge in [-0.3, -0.25) is 0 Å². The van der Waals surface area contributed by atoms with E-state index in [1.54, 1.807) is 6.07 Å². The van der Waals surface area contributed by atoms with Gasteiger partial charge in [0.25, 0.3) is 0 Å². The van der Waals surface area contributed by atoms with E-state index in [-0.39, 0.29) is 0 Å². The molecule has 0 aliphatic rings. The lowest BCUT2D eigenvalue weighted by molar-refractivity contribution is 0.426. The van der Waals surface area contributed by atoms with E-state index in [1.807, 2.05) is 0 Å². The Kier molecular flexibility index (Phi) is 2.94. The Hall–Kier alpha value is 0.645. The molecule has 0 saturated carbocycles. The van der Waals surface area contributed by atoms with Crippen molar-refractivity contribution in [3.05, 3.63) is 14.3 Å². The first-order valence-corrected chi connectivity index (χ1v) is 4.82. The Morgan fingerprint density at radius 1 is 1.40 bits per heavy atom. The van der Waals surface area contributed by atoms with Gasteiger partial charge in [-0.05, 0) is 22.0 Å². The van der Waals surface area contributed by atoms with Gasteiger partial charge in [-0.1, -0.05) is 15.9 Å². The first-order chi connectivity index (χ1) is 4.61. The van der Waals surface area contributed by atoms with Crippen LogP contribution in [0.5, 0.6) is 0 Å². The molecule has 0 unspecified atom stereocenters. The van der Waals surface area contributed by atoms with Crippen molar-refractivity contribution in [3.8, 4) is 0 Å². The predicted octanol–water partition coefficient (Wildman–Crippen LogP) is 0.953. The van der Waals surface area contributed by atoms with E-state index in [4.69, 9.17) is 10.0 Å². The quantitative estimate of drug-likeness (QED) is 0.755. The van der Waals surface area contributed by atoms with Crippen LogP contribution in [0.1, 0.15) is 0 Å². The molecule has 10 heavy (non-hydrogen) atoms. The smallest absolute Gasteiger partial charge is 0.423 e. The molecular weight excluding hydrogens is 283 g/mol. The minimum Gasteiger partial charge on any atom is -0.423 e. The monoisotopic (exact) mass is 284 g/mol. The lowest BCUT2D eigenvalue weighted by atomic mass is 9.90. The molecule has 0 bridgehead atoms. The van der Waals surface area contributed by atoms with Crippen LogP contribution in [0, 0.1) is 0 Å². The largest absolute Gasteiger partial charge is 0.500 e. The van der Waals surface area contributed by atoms with Gasteiger partial charge in [0.1, 0.15) is 0 Å². The number of halogens is 2. The molecule has 6 heteroatoms. The standard InChI is InChI=1S/C4H3BBr2O2S/c6-2-1-3(7)10-4(2)5(8)9/h1,8-9H. The zero-order valence-corrected chi connectivity index (χ0v) is 8.70. The summed E-state index contributed by atoms with van der Waals surface area (Å²) in [7, 11) is -1.38. The molecule has 1 heterocycles. The van der Waals surface area contributed by atoms with E-state index in [1.165, 1.54) is 11.3 Å². The highest BCUT2D eigenvalue weighted by molar-refractivity contribution is 9.11. The third kappa shape index (κ3) is 1.82. The fourth-order valence-corrected chi connectivity index (χ4v) is 3.07. The van der Waals surface area contributed by atoms with Crippen molar-refractivity contribution in [1.29, 1.82) is 0 Å². The van der Waals surface area contributed by atoms with Gasteiger partial charge >= 0.3 is 7.12 Å². The van der Waals surface area contributed by atoms with Crippen LogP contribution in [0.4, 0.5) is 0 Å². The van der Waals surface area contributed by atoms with E-state index < -0.39 is 7.12 Å². The lowest BCUT2D eigenvalue weighted by Crippen LogP contribution is -2.27. The summed E-state index contributed by atoms with van der Waals surface area (Å²) in [5.74, 6) is 0. The molecule has 0 atom stereocenters. The van der Waals surface area contributed by atoms with Crippen molar-refractivity contribution in [3.63, 3.8) is 0 Å². The van der Waals surface area contributed by atoms with Crippen molar-refractivity contribution < 1.29 is 10.0 Å². The maximum absolute atomic E-state index is 8.73. The van der Waals surface area contributed by atoms with Crippen LogP contribution in [-0.4, -0.2) is 17.2 Å². The van der Waals surface area contributed by atoms with Crippen molar-refractivity contribution in [2.24, 2.45) is 0 Å². The van der Waals surface area contributed by atoms with Gasteiger partial charge in [-0.25, -0.2) is 0 Å². The van der Waals surface area contributed by atoms with E-state index in [0.29, 0.717) is 4.78 Å². The molecular formula is C4H3BBr2O2S. The third-order valence-electron chi connectivity index (χ3n) is 0.918. The number of rotatable bonds is 1. The second-order valence-electron chi connectivity index (χ2n) is 1.64. The maximum Gasteiger partial charge on any atom is 0.500 e. The number of thiophene rings is 1. The lowest BCUT2D eigenvalue weighted by Gasteiger charge is -1.91. The topological polar surface area (TPSA) is 40.5 Å². The van der Waals surface area contributed by atoms with Gasteiger partial charge in [0, 0.05) is 4.47 Å². The molecule has 54 valence electrons. The molecule has 0 amide bonds. The van der Waals surface area contributed by atoms with Crippen molar-refractivity contribution in [2.75, 3.05) is 0 Å². The molecule has 1 rings (SSSR count). The molecule has 2 nitrogen and oxygen atoms in total. The third-order valence-corrected chi connectivity index (χ3v) is 3.51. The molecule has 2 N–H and O–H groups in total. The second kappa shape index (κ2) is 3.36. The highest BCUT2D eigenvalue weighted by Crippen LogP contribution is 2.22. The average molecular weight is 286 g/mol. The van der Waals surface area contributed by atoms with Gasteiger partial charge in [0.2, 0.25) is 0 Å². The first-order valence-electron chi connectivity index (χ1n) is 2.42. The average Bonchev–Trinajstić information content (AvgIpc) is 2.10. The normalized spacial score (nSPS) is 10.0. The number of hydrogen-bond donors (Lipinski definition) is 2. The molecule has 0 saturated heterocycles. The Labute approximate surface area is 79.3 Å². The Balaban J connectivity index is 3.03. The van der Waals surface area contributed by atoms with Crippen molar-refractivity contribution in [1.82, 2.24) is 0 Å². The SMILES string of the molecule is OB(O)c1sc(Br)cc1Br. The van der Waals surface area contributed by atoms with E-state index in [2.05, 4.69) is 31.9 Å². The Bertz CT molecular complexity index is 237. The zero-order chi connectivity index (χ0) is 7.72. The van der Waals surface area contributed by atoms with Crippen molar-refractivity contribution >= 4 is 55.1 Å². The Morgan fingerprint density at radius 2 is 2.00 bits per heavy atom. The van der Waals surface area contributed by atoms with Crippen LogP contribution in [0.3, 0.4) is 0 Å². The summed E-state index contributed by atoms with van der Waals surface area (Å²) in [6.45, 7) is 0. The van der Waals surface area contributed by atoms with Crippen LogP contribution >= 0.6 is 43.2 Å². The summed E-state index contributed by atoms with van der Waals surface area (Å²) in [4.78, 5) is 0. The zero-order valence-electron chi connectivity index (χ0n) is 4.71. The first kappa shape index (κ1) is 8.74. The van der Waals surface area contributed by atoms with E-state index in [0.717, 1.165) is 8.26 Å². The molecule has 1 aromatic rings. The summed E-state index contributed by atoms with van der Waals surface area (Å²) < 4.78 is 2.12. The minimum absolute atomic E-state index is 0.520. The number of hydrogen-bond acceptors (Lipinski definition) is 3. The van der Waals surface area contributed by atoms with Crippen LogP contribution in [0.2, 0.25) is 0 Å². The molecule has 0 aromatic carbocycles. The molecule has 0 aliphatic heterocycles. The molecule has 1 aromatic heterocycles. The van der Waals surface area contributed by atoms with E-state index in [9.17, 15) is 0 Å². The maximum atomic E-state index is 8.73. The second-order valence-corrected chi connectivity index (χ2v) is 4.95. The van der Waals surface area contributed by atoms with Crippen LogP contribution in [0.25, 0.3) is 0 Å². The Morgan fingerprint density at radius 3 is 2.20 bits per heavy atom. The molecule has 0 spiro atoms. The minimum atomic E-state index is -1.38. The summed E-state index contributed by atoms with van der Waals surface area (Å²) >= 11 is 7.69. The highest BCUT2D eigenvalue weighted by Gasteiger charge is 2.17. The summed E-state index contributed by atoms with van der Waals surface area (Å²) in [6.07, 6.45) is 0. The fraction of sp³-hybridized carbons (Fsp3) is 0. The summed E-state index contributed by atoms with van der Waals surface area (Å²) in [5.41, 5.74) is 0. The van der Waals surface area contributed by atoms with Crippen LogP contribution < -0.4 is 4.78 Å². The highest BCUT2D eigenvalue weighted by atomic mass is 79.9. The predicted molar refractivity (Wildman–Crippen MR) is 49.5 cm³/mol. The molecule has 0 fully saturated rings. The molecule has 0 radical (unpaired) electrons. The van der Waals surface area contributed by atoms with Gasteiger partial charge in [-0.2, -0.15) is 0 Å². The van der Waals surface area contributed by atoms with E-state index >= 15 is 0 Å². The van der Waals surface area contributed by atoms with Gasteiger partial charge in [-0.15, -0.1) is 11.3 Å². The fourth-order valence-electron chi connectivity index (χ4n) is 0.530. The molecule has 0 aliphatic carbocycles. The summed E-state index contributed by atoms with van der Waals surface area (Å²) in [6, 6.07) is 1.78. The van der Waals surface area contributed by atoms with Crippen LogP contribution in [-0.2, 0) is 0 Å². The van der Waals surface area contributed by atoms with Crippen molar-refractivity contribution in [2.45, 2.75) is 0 Å². The van der Waals surface area contributed by atoms with Crippen LogP contribution in [0.15, 0.2) is 14.3 Å². The van der Waals surface area contributed by atoms with Gasteiger partial charge in [0.15, 0.2) is 0 Å².